The second-order valence-corrected chi connectivity index (χ2v) is 12.8. The molecule has 2 aromatic heterocycles. The van der Waals surface area contributed by atoms with Crippen LogP contribution in [0.25, 0.3) is 11.2 Å². The summed E-state index contributed by atoms with van der Waals surface area (Å²) in [5.41, 5.74) is 11.7. The first-order chi connectivity index (χ1) is 20.7. The second kappa shape index (κ2) is 12.5. The molecule has 10 N–H and O–H groups in total. The van der Waals surface area contributed by atoms with E-state index in [1.165, 1.54) is 35.2 Å². The highest BCUT2D eigenvalue weighted by molar-refractivity contribution is 7.61. The summed E-state index contributed by atoms with van der Waals surface area (Å²) < 4.78 is 50.9. The fraction of sp³-hybridized carbons (Fsp3) is 0.455. The van der Waals surface area contributed by atoms with Gasteiger partial charge in [-0.2, -0.15) is 4.31 Å². The van der Waals surface area contributed by atoms with Crippen LogP contribution in [0.5, 0.6) is 0 Å². The highest BCUT2D eigenvalue weighted by Crippen LogP contribution is 2.60. The van der Waals surface area contributed by atoms with Crippen molar-refractivity contribution in [3.63, 3.8) is 0 Å². The summed E-state index contributed by atoms with van der Waals surface area (Å²) in [5.74, 6) is -0.693. The minimum Gasteiger partial charge on any atom is -0.387 e. The fourth-order valence-electron chi connectivity index (χ4n) is 4.70. The third kappa shape index (κ3) is 6.68. The molecular weight excluding hydrogens is 634 g/mol. The number of aromatic nitrogens is 4. The number of benzene rings is 1. The van der Waals surface area contributed by atoms with Crippen LogP contribution in [0.3, 0.4) is 0 Å². The van der Waals surface area contributed by atoms with Crippen molar-refractivity contribution >= 4 is 38.5 Å². The minimum absolute atomic E-state index is 0.0516. The lowest BCUT2D eigenvalue weighted by molar-refractivity contribution is -0.0507. The predicted molar refractivity (Wildman–Crippen MR) is 143 cm³/mol. The molecular formula is C22H28N6O14P2. The summed E-state index contributed by atoms with van der Waals surface area (Å²) >= 11 is 0. The van der Waals surface area contributed by atoms with Crippen LogP contribution in [0.1, 0.15) is 28.3 Å². The van der Waals surface area contributed by atoms with Crippen LogP contribution >= 0.6 is 15.6 Å². The van der Waals surface area contributed by atoms with Gasteiger partial charge in [0.25, 0.3) is 0 Å². The summed E-state index contributed by atoms with van der Waals surface area (Å²) in [7, 11) is -10.7. The van der Waals surface area contributed by atoms with Crippen molar-refractivity contribution in [2.45, 2.75) is 49.0 Å². The first kappa shape index (κ1) is 32.5. The minimum atomic E-state index is -5.37. The average molecular weight is 662 g/mol. The molecule has 2 unspecified atom stereocenters. The smallest absolute Gasteiger partial charge is 0.387 e. The molecule has 3 aromatic rings. The molecule has 240 valence electrons. The quantitative estimate of drug-likeness (QED) is 0.105. The SMILES string of the molecule is NC(=O)c1cccc([C@H]2O[C@@H](COP(=O)(O)OP(=O)(O)OC[C@H]3O[C@@H](n4cnc5c(N)ncnc54)[C@H](O)[C@@H]3O)[C@H](O)[C@@H]2O)c1. The maximum absolute atomic E-state index is 12.4. The van der Waals surface area contributed by atoms with E-state index in [1.54, 1.807) is 0 Å². The number of hydrogen-bond acceptors (Lipinski definition) is 16. The van der Waals surface area contributed by atoms with E-state index < -0.39 is 83.7 Å². The predicted octanol–water partition coefficient (Wildman–Crippen LogP) is -1.76. The van der Waals surface area contributed by atoms with Crippen molar-refractivity contribution in [3.05, 3.63) is 48.0 Å². The summed E-state index contributed by atoms with van der Waals surface area (Å²) in [6, 6.07) is 5.72. The lowest BCUT2D eigenvalue weighted by Crippen LogP contribution is -2.33. The Balaban J connectivity index is 1.16. The number of phosphoric ester groups is 2. The number of primary amides is 1. The second-order valence-electron chi connectivity index (χ2n) is 9.81. The maximum atomic E-state index is 12.4. The highest BCUT2D eigenvalue weighted by Gasteiger charge is 2.47. The molecule has 4 heterocycles. The number of amides is 1. The Morgan fingerprint density at radius 1 is 0.932 bits per heavy atom. The molecule has 2 aliphatic rings. The summed E-state index contributed by atoms with van der Waals surface area (Å²) in [6.45, 7) is -1.78. The molecule has 1 amide bonds. The number of aliphatic hydroxyl groups excluding tert-OH is 4. The zero-order chi connectivity index (χ0) is 32.0. The van der Waals surface area contributed by atoms with E-state index >= 15 is 0 Å². The number of nitrogens with zero attached hydrogens (tertiary/aromatic N) is 4. The first-order valence-corrected chi connectivity index (χ1v) is 15.7. The van der Waals surface area contributed by atoms with Gasteiger partial charge in [-0.05, 0) is 17.7 Å². The van der Waals surface area contributed by atoms with Gasteiger partial charge in [0.1, 0.15) is 54.6 Å². The van der Waals surface area contributed by atoms with Crippen molar-refractivity contribution in [1.29, 1.82) is 0 Å². The molecule has 0 aliphatic carbocycles. The molecule has 2 aliphatic heterocycles. The molecule has 1 aromatic carbocycles. The van der Waals surface area contributed by atoms with E-state index in [-0.39, 0.29) is 28.1 Å². The van der Waals surface area contributed by atoms with Gasteiger partial charge >= 0.3 is 15.6 Å². The molecule has 0 bridgehead atoms. The third-order valence-electron chi connectivity index (χ3n) is 6.87. The molecule has 10 atom stereocenters. The van der Waals surface area contributed by atoms with Gasteiger partial charge in [-0.3, -0.25) is 18.4 Å². The molecule has 2 fully saturated rings. The normalized spacial score (nSPS) is 31.6. The van der Waals surface area contributed by atoms with E-state index in [0.29, 0.717) is 0 Å². The Hall–Kier alpha value is -2.94. The van der Waals surface area contributed by atoms with E-state index in [9.17, 15) is 44.1 Å². The van der Waals surface area contributed by atoms with Crippen molar-refractivity contribution in [2.75, 3.05) is 18.9 Å². The molecule has 20 nitrogen and oxygen atoms in total. The summed E-state index contributed by atoms with van der Waals surface area (Å²) in [6.07, 6.45) is -9.33. The van der Waals surface area contributed by atoms with Crippen molar-refractivity contribution in [2.24, 2.45) is 5.73 Å². The van der Waals surface area contributed by atoms with Crippen molar-refractivity contribution in [1.82, 2.24) is 19.5 Å². The average Bonchev–Trinajstić information content (AvgIpc) is 3.61. The van der Waals surface area contributed by atoms with Crippen LogP contribution in [-0.2, 0) is 32.0 Å². The fourth-order valence-corrected chi connectivity index (χ4v) is 6.79. The number of ether oxygens (including phenoxy) is 2. The summed E-state index contributed by atoms with van der Waals surface area (Å²) in [4.78, 5) is 43.3. The Kier molecular flexibility index (Phi) is 9.18. The molecule has 22 heteroatoms. The number of fused-ring (bicyclic) bond motifs is 1. The summed E-state index contributed by atoms with van der Waals surface area (Å²) in [5, 5.41) is 41.7. The van der Waals surface area contributed by atoms with Crippen molar-refractivity contribution < 1.29 is 67.0 Å². The van der Waals surface area contributed by atoms with Gasteiger partial charge in [0.05, 0.1) is 19.5 Å². The first-order valence-electron chi connectivity index (χ1n) is 12.7. The van der Waals surface area contributed by atoms with Gasteiger partial charge in [-0.25, -0.2) is 24.1 Å². The van der Waals surface area contributed by atoms with Gasteiger partial charge in [0.2, 0.25) is 5.91 Å². The lowest BCUT2D eigenvalue weighted by atomic mass is 10.00. The van der Waals surface area contributed by atoms with E-state index in [1.807, 2.05) is 0 Å². The van der Waals surface area contributed by atoms with E-state index in [2.05, 4.69) is 19.3 Å². The zero-order valence-electron chi connectivity index (χ0n) is 22.3. The third-order valence-corrected chi connectivity index (χ3v) is 9.47. The number of imidazole rings is 1. The Morgan fingerprint density at radius 3 is 2.23 bits per heavy atom. The molecule has 0 saturated carbocycles. The Bertz CT molecular complexity index is 1630. The van der Waals surface area contributed by atoms with Crippen LogP contribution < -0.4 is 11.5 Å². The van der Waals surface area contributed by atoms with Crippen LogP contribution in [0, 0.1) is 0 Å². The number of carbonyl (C=O) groups is 1. The highest BCUT2D eigenvalue weighted by atomic mass is 31.3. The number of anilines is 1. The number of carbonyl (C=O) groups excluding carboxylic acids is 1. The zero-order valence-corrected chi connectivity index (χ0v) is 24.1. The molecule has 44 heavy (non-hydrogen) atoms. The number of aliphatic hydroxyl groups is 4. The van der Waals surface area contributed by atoms with Gasteiger partial charge in [-0.15, -0.1) is 0 Å². The lowest BCUT2D eigenvalue weighted by Gasteiger charge is -2.20. The van der Waals surface area contributed by atoms with Gasteiger partial charge < -0.3 is 51.2 Å². The number of hydrogen-bond donors (Lipinski definition) is 8. The Labute approximate surface area is 247 Å². The van der Waals surface area contributed by atoms with Crippen molar-refractivity contribution in [3.8, 4) is 0 Å². The largest absolute Gasteiger partial charge is 0.481 e. The van der Waals surface area contributed by atoms with Crippen LogP contribution in [0.2, 0.25) is 0 Å². The van der Waals surface area contributed by atoms with E-state index in [0.717, 1.165) is 6.33 Å². The topological polar surface area (TPSA) is 314 Å². The number of phosphoric acid groups is 2. The molecule has 5 rings (SSSR count). The molecule has 0 radical (unpaired) electrons. The molecule has 2 saturated heterocycles. The number of rotatable bonds is 11. The van der Waals surface area contributed by atoms with Crippen LogP contribution in [-0.4, -0.2) is 105 Å². The number of nitrogen functional groups attached to an aromatic ring is 1. The number of nitrogens with two attached hydrogens (primary N) is 2. The monoisotopic (exact) mass is 662 g/mol. The van der Waals surface area contributed by atoms with Gasteiger partial charge in [0.15, 0.2) is 17.7 Å². The van der Waals surface area contributed by atoms with Crippen LogP contribution in [0.15, 0.2) is 36.9 Å². The Morgan fingerprint density at radius 2 is 1.57 bits per heavy atom. The molecule has 0 spiro atoms. The van der Waals surface area contributed by atoms with Crippen LogP contribution in [0.4, 0.5) is 5.82 Å². The van der Waals surface area contributed by atoms with Gasteiger partial charge in [0, 0.05) is 5.56 Å². The standard InChI is InChI=1S/C22H28N6O14P2/c23-19-13-21(26-7-25-19)28(8-27-13)22-17(32)15(30)12(41-22)6-39-44(36,37)42-43(34,35)38-5-11-14(29)16(31)18(40-11)9-2-1-3-10(4-9)20(24)33/h1-4,7-8,11-12,14-18,22,29-32H,5-6H2,(H2,24,33)(H,34,35)(H,36,37)(H2,23,25,26)/t11-,12+,14-,15+,16-,17+,18+,22+/m0/s1. The maximum Gasteiger partial charge on any atom is 0.481 e. The van der Waals surface area contributed by atoms with Gasteiger partial charge in [-0.1, -0.05) is 12.1 Å². The van der Waals surface area contributed by atoms with E-state index in [4.69, 9.17) is 30.0 Å².